The smallest absolute Gasteiger partial charge is 0.341 e. The zero-order valence-corrected chi connectivity index (χ0v) is 11.2. The van der Waals surface area contributed by atoms with E-state index in [4.69, 9.17) is 13.9 Å². The van der Waals surface area contributed by atoms with E-state index in [0.717, 1.165) is 11.3 Å². The largest absolute Gasteiger partial charge is 0.497 e. The number of carbonyl (C=O) groups is 1. The average molecular weight is 260 g/mol. The monoisotopic (exact) mass is 260 g/mol. The van der Waals surface area contributed by atoms with Crippen LogP contribution in [0.15, 0.2) is 34.7 Å². The van der Waals surface area contributed by atoms with Crippen LogP contribution in [0.25, 0.3) is 11.3 Å². The van der Waals surface area contributed by atoms with Gasteiger partial charge in [-0.15, -0.1) is 0 Å². The molecule has 0 saturated heterocycles. The van der Waals surface area contributed by atoms with Gasteiger partial charge in [-0.25, -0.2) is 4.79 Å². The fourth-order valence-corrected chi connectivity index (χ4v) is 1.87. The van der Waals surface area contributed by atoms with Gasteiger partial charge in [-0.3, -0.25) is 0 Å². The van der Waals surface area contributed by atoms with Gasteiger partial charge in [0, 0.05) is 12.0 Å². The van der Waals surface area contributed by atoms with E-state index in [2.05, 4.69) is 0 Å². The van der Waals surface area contributed by atoms with Gasteiger partial charge in [0.25, 0.3) is 0 Å². The summed E-state index contributed by atoms with van der Waals surface area (Å²) in [6.07, 6.45) is 0.639. The highest BCUT2D eigenvalue weighted by atomic mass is 16.5. The first-order chi connectivity index (χ1) is 9.19. The minimum absolute atomic E-state index is 0.375. The SMILES string of the molecule is CCc1oc(-c2ccc(OC)cc2)cc1C(=O)OC. The van der Waals surface area contributed by atoms with Gasteiger partial charge < -0.3 is 13.9 Å². The summed E-state index contributed by atoms with van der Waals surface area (Å²) >= 11 is 0. The second kappa shape index (κ2) is 5.61. The first kappa shape index (κ1) is 13.2. The van der Waals surface area contributed by atoms with E-state index in [-0.39, 0.29) is 5.97 Å². The zero-order valence-electron chi connectivity index (χ0n) is 11.2. The second-order valence-electron chi connectivity index (χ2n) is 4.02. The lowest BCUT2D eigenvalue weighted by atomic mass is 10.1. The van der Waals surface area contributed by atoms with Crippen molar-refractivity contribution in [2.45, 2.75) is 13.3 Å². The molecule has 0 saturated carbocycles. The third-order valence-corrected chi connectivity index (χ3v) is 2.91. The maximum absolute atomic E-state index is 11.6. The number of furan rings is 1. The highest BCUT2D eigenvalue weighted by Crippen LogP contribution is 2.28. The number of carbonyl (C=O) groups excluding carboxylic acids is 1. The number of rotatable bonds is 4. The van der Waals surface area contributed by atoms with Crippen LogP contribution >= 0.6 is 0 Å². The van der Waals surface area contributed by atoms with E-state index in [9.17, 15) is 4.79 Å². The Bertz CT molecular complexity index is 566. The molecule has 2 rings (SSSR count). The Morgan fingerprint density at radius 3 is 2.42 bits per heavy atom. The van der Waals surface area contributed by atoms with Gasteiger partial charge in [0.15, 0.2) is 0 Å². The van der Waals surface area contributed by atoms with E-state index in [1.807, 2.05) is 31.2 Å². The summed E-state index contributed by atoms with van der Waals surface area (Å²) in [5, 5.41) is 0. The molecule has 0 spiro atoms. The fraction of sp³-hybridized carbons (Fsp3) is 0.267. The number of hydrogen-bond donors (Lipinski definition) is 0. The summed E-state index contributed by atoms with van der Waals surface area (Å²) in [6, 6.07) is 9.19. The molecule has 0 aliphatic rings. The lowest BCUT2D eigenvalue weighted by Gasteiger charge is -2.00. The molecule has 100 valence electrons. The van der Waals surface area contributed by atoms with Crippen molar-refractivity contribution in [1.29, 1.82) is 0 Å². The van der Waals surface area contributed by atoms with Crippen molar-refractivity contribution in [3.63, 3.8) is 0 Å². The van der Waals surface area contributed by atoms with Crippen molar-refractivity contribution >= 4 is 5.97 Å². The summed E-state index contributed by atoms with van der Waals surface area (Å²) in [5.74, 6) is 1.69. The van der Waals surface area contributed by atoms with Crippen LogP contribution in [0, 0.1) is 0 Å². The molecule has 0 atom stereocenters. The molecule has 1 aromatic carbocycles. The van der Waals surface area contributed by atoms with Gasteiger partial charge in [-0.1, -0.05) is 6.92 Å². The highest BCUT2D eigenvalue weighted by Gasteiger charge is 2.17. The molecule has 0 bridgehead atoms. The van der Waals surface area contributed by atoms with Crippen molar-refractivity contribution in [3.8, 4) is 17.1 Å². The summed E-state index contributed by atoms with van der Waals surface area (Å²) in [7, 11) is 2.98. The quantitative estimate of drug-likeness (QED) is 0.791. The fourth-order valence-electron chi connectivity index (χ4n) is 1.87. The van der Waals surface area contributed by atoms with Crippen LogP contribution < -0.4 is 4.74 Å². The maximum Gasteiger partial charge on any atom is 0.341 e. The minimum atomic E-state index is -0.375. The molecule has 0 fully saturated rings. The first-order valence-corrected chi connectivity index (χ1v) is 6.05. The minimum Gasteiger partial charge on any atom is -0.497 e. The Morgan fingerprint density at radius 1 is 1.21 bits per heavy atom. The Hall–Kier alpha value is -2.23. The molecular weight excluding hydrogens is 244 g/mol. The number of methoxy groups -OCH3 is 2. The topological polar surface area (TPSA) is 48.7 Å². The molecule has 0 radical (unpaired) electrons. The molecule has 4 heteroatoms. The molecule has 1 heterocycles. The van der Waals surface area contributed by atoms with Crippen LogP contribution in [0.3, 0.4) is 0 Å². The zero-order chi connectivity index (χ0) is 13.8. The third kappa shape index (κ3) is 2.62. The van der Waals surface area contributed by atoms with Gasteiger partial charge in [-0.2, -0.15) is 0 Å². The lowest BCUT2D eigenvalue weighted by molar-refractivity contribution is 0.0598. The van der Waals surface area contributed by atoms with Crippen molar-refractivity contribution in [3.05, 3.63) is 41.7 Å². The molecule has 0 amide bonds. The predicted octanol–water partition coefficient (Wildman–Crippen LogP) is 3.30. The summed E-state index contributed by atoms with van der Waals surface area (Å²) < 4.78 is 15.6. The van der Waals surface area contributed by atoms with Gasteiger partial charge in [0.1, 0.15) is 22.8 Å². The second-order valence-corrected chi connectivity index (χ2v) is 4.02. The van der Waals surface area contributed by atoms with Gasteiger partial charge in [0.05, 0.1) is 14.2 Å². The van der Waals surface area contributed by atoms with Crippen LogP contribution in [0.2, 0.25) is 0 Å². The number of benzene rings is 1. The van der Waals surface area contributed by atoms with Gasteiger partial charge >= 0.3 is 5.97 Å². The van der Waals surface area contributed by atoms with E-state index >= 15 is 0 Å². The molecule has 0 aliphatic carbocycles. The number of ether oxygens (including phenoxy) is 2. The van der Waals surface area contributed by atoms with E-state index in [1.165, 1.54) is 7.11 Å². The van der Waals surface area contributed by atoms with Gasteiger partial charge in [-0.05, 0) is 30.3 Å². The van der Waals surface area contributed by atoms with Crippen molar-refractivity contribution in [1.82, 2.24) is 0 Å². The van der Waals surface area contributed by atoms with Gasteiger partial charge in [0.2, 0.25) is 0 Å². The molecule has 0 aliphatic heterocycles. The Morgan fingerprint density at radius 2 is 1.89 bits per heavy atom. The standard InChI is InChI=1S/C15H16O4/c1-4-13-12(15(16)18-3)9-14(19-13)10-5-7-11(17-2)8-6-10/h5-9H,4H2,1-3H3. The Labute approximate surface area is 111 Å². The van der Waals surface area contributed by atoms with Crippen LogP contribution in [0.5, 0.6) is 5.75 Å². The number of hydrogen-bond acceptors (Lipinski definition) is 4. The summed E-state index contributed by atoms with van der Waals surface area (Å²) in [6.45, 7) is 1.93. The first-order valence-electron chi connectivity index (χ1n) is 6.05. The van der Waals surface area contributed by atoms with Crippen LogP contribution in [0.1, 0.15) is 23.0 Å². The molecule has 1 aromatic heterocycles. The van der Waals surface area contributed by atoms with E-state index < -0.39 is 0 Å². The average Bonchev–Trinajstić information content (AvgIpc) is 2.90. The van der Waals surface area contributed by atoms with Crippen molar-refractivity contribution < 1.29 is 18.7 Å². The summed E-state index contributed by atoms with van der Waals surface area (Å²) in [4.78, 5) is 11.6. The number of esters is 1. The molecule has 0 N–H and O–H groups in total. The molecule has 2 aromatic rings. The van der Waals surface area contributed by atoms with Crippen molar-refractivity contribution in [2.24, 2.45) is 0 Å². The number of aryl methyl sites for hydroxylation is 1. The lowest BCUT2D eigenvalue weighted by Crippen LogP contribution is -2.02. The molecule has 4 nitrogen and oxygen atoms in total. The maximum atomic E-state index is 11.6. The Balaban J connectivity index is 2.39. The third-order valence-electron chi connectivity index (χ3n) is 2.91. The van der Waals surface area contributed by atoms with E-state index in [1.54, 1.807) is 13.2 Å². The van der Waals surface area contributed by atoms with Crippen LogP contribution in [0.4, 0.5) is 0 Å². The van der Waals surface area contributed by atoms with E-state index in [0.29, 0.717) is 23.5 Å². The normalized spacial score (nSPS) is 10.3. The molecular formula is C15H16O4. The van der Waals surface area contributed by atoms with Crippen molar-refractivity contribution in [2.75, 3.05) is 14.2 Å². The Kier molecular flexibility index (Phi) is 3.90. The summed E-state index contributed by atoms with van der Waals surface area (Å²) in [5.41, 5.74) is 1.38. The molecule has 19 heavy (non-hydrogen) atoms. The van der Waals surface area contributed by atoms with Crippen LogP contribution in [-0.2, 0) is 11.2 Å². The van der Waals surface area contributed by atoms with Crippen LogP contribution in [-0.4, -0.2) is 20.2 Å². The molecule has 0 unspecified atom stereocenters. The predicted molar refractivity (Wildman–Crippen MR) is 71.4 cm³/mol. The highest BCUT2D eigenvalue weighted by molar-refractivity contribution is 5.91.